The Balaban J connectivity index is 2.96. The lowest BCUT2D eigenvalue weighted by molar-refractivity contribution is -0.150. The largest absolute Gasteiger partial charge is 0.469 e. The van der Waals surface area contributed by atoms with Crippen LogP contribution in [0.25, 0.3) is 0 Å². The molecule has 0 saturated heterocycles. The predicted molar refractivity (Wildman–Crippen MR) is 70.6 cm³/mol. The van der Waals surface area contributed by atoms with Crippen molar-refractivity contribution in [2.45, 2.75) is 6.42 Å². The monoisotopic (exact) mass is 328 g/mol. The summed E-state index contributed by atoms with van der Waals surface area (Å²) in [6.07, 6.45) is -0.335. The van der Waals surface area contributed by atoms with Gasteiger partial charge >= 0.3 is 11.9 Å². The molecule has 0 heterocycles. The zero-order valence-corrected chi connectivity index (χ0v) is 12.1. The Morgan fingerprint density at radius 3 is 2.16 bits per heavy atom. The summed E-state index contributed by atoms with van der Waals surface area (Å²) >= 11 is 3.25. The molecular weight excluding hydrogens is 316 g/mol. The summed E-state index contributed by atoms with van der Waals surface area (Å²) in [7, 11) is 2.36. The maximum atomic E-state index is 12.2. The van der Waals surface area contributed by atoms with Crippen LogP contribution in [0.5, 0.6) is 0 Å². The van der Waals surface area contributed by atoms with Crippen molar-refractivity contribution in [1.29, 1.82) is 0 Å². The number of ketones is 1. The van der Waals surface area contributed by atoms with E-state index >= 15 is 0 Å². The van der Waals surface area contributed by atoms with Gasteiger partial charge in [-0.2, -0.15) is 0 Å². The Labute approximate surface area is 119 Å². The molecule has 0 saturated carbocycles. The lowest BCUT2D eigenvalue weighted by atomic mass is 9.95. The van der Waals surface area contributed by atoms with Crippen molar-refractivity contribution in [2.24, 2.45) is 5.92 Å². The van der Waals surface area contributed by atoms with Gasteiger partial charge in [0.1, 0.15) is 5.92 Å². The first-order valence-corrected chi connectivity index (χ1v) is 6.23. The second kappa shape index (κ2) is 7.04. The number of Topliss-reactive ketones (excluding diaryl/α,β-unsaturated/α-hetero) is 1. The molecule has 1 aromatic rings. The van der Waals surface area contributed by atoms with Gasteiger partial charge in [-0.05, 0) is 12.1 Å². The van der Waals surface area contributed by atoms with E-state index in [0.29, 0.717) is 5.56 Å². The van der Waals surface area contributed by atoms with Crippen molar-refractivity contribution < 1.29 is 23.9 Å². The number of ether oxygens (including phenoxy) is 2. The zero-order valence-electron chi connectivity index (χ0n) is 10.5. The van der Waals surface area contributed by atoms with Crippen molar-refractivity contribution in [2.75, 3.05) is 14.2 Å². The van der Waals surface area contributed by atoms with E-state index in [-0.39, 0.29) is 6.42 Å². The normalized spacial score (nSPS) is 11.5. The summed E-state index contributed by atoms with van der Waals surface area (Å²) in [6.45, 7) is 0. The number of carbonyl (C=O) groups is 3. The first-order valence-electron chi connectivity index (χ1n) is 5.44. The first kappa shape index (κ1) is 15.4. The number of hydrogen-bond acceptors (Lipinski definition) is 5. The van der Waals surface area contributed by atoms with Gasteiger partial charge in [-0.25, -0.2) is 0 Å². The van der Waals surface area contributed by atoms with Gasteiger partial charge in [-0.3, -0.25) is 14.4 Å². The summed E-state index contributed by atoms with van der Waals surface area (Å²) in [4.78, 5) is 35.0. The molecule has 0 radical (unpaired) electrons. The number of hydrogen-bond donors (Lipinski definition) is 0. The van der Waals surface area contributed by atoms with Crippen LogP contribution in [-0.4, -0.2) is 31.9 Å². The van der Waals surface area contributed by atoms with Gasteiger partial charge < -0.3 is 9.47 Å². The summed E-state index contributed by atoms with van der Waals surface area (Å²) < 4.78 is 9.83. The highest BCUT2D eigenvalue weighted by molar-refractivity contribution is 9.10. The minimum Gasteiger partial charge on any atom is -0.469 e. The van der Waals surface area contributed by atoms with E-state index in [1.165, 1.54) is 14.2 Å². The van der Waals surface area contributed by atoms with Crippen molar-refractivity contribution in [1.82, 2.24) is 0 Å². The van der Waals surface area contributed by atoms with Crippen LogP contribution in [0.2, 0.25) is 0 Å². The number of benzene rings is 1. The van der Waals surface area contributed by atoms with E-state index in [9.17, 15) is 14.4 Å². The second-order valence-electron chi connectivity index (χ2n) is 3.73. The zero-order chi connectivity index (χ0) is 14.4. The van der Waals surface area contributed by atoms with Crippen LogP contribution in [0.3, 0.4) is 0 Å². The maximum absolute atomic E-state index is 12.2. The summed E-state index contributed by atoms with van der Waals surface area (Å²) in [5.74, 6) is -3.04. The van der Waals surface area contributed by atoms with Crippen LogP contribution in [0.4, 0.5) is 0 Å². The average Bonchev–Trinajstić information content (AvgIpc) is 2.43. The van der Waals surface area contributed by atoms with E-state index in [0.717, 1.165) is 4.47 Å². The standard InChI is InChI=1S/C13H13BrO5/c1-18-11(15)7-10(13(17)19-2)12(16)8-3-5-9(14)6-4-8/h3-6,10H,7H2,1-2H3. The highest BCUT2D eigenvalue weighted by Gasteiger charge is 2.31. The van der Waals surface area contributed by atoms with Gasteiger partial charge in [-0.1, -0.05) is 28.1 Å². The molecule has 1 atom stereocenters. The smallest absolute Gasteiger partial charge is 0.317 e. The van der Waals surface area contributed by atoms with Gasteiger partial charge in [-0.15, -0.1) is 0 Å². The van der Waals surface area contributed by atoms with E-state index < -0.39 is 23.6 Å². The third kappa shape index (κ3) is 4.17. The van der Waals surface area contributed by atoms with E-state index in [1.807, 2.05) is 0 Å². The molecule has 1 unspecified atom stereocenters. The molecule has 0 aliphatic heterocycles. The molecule has 6 heteroatoms. The molecular formula is C13H13BrO5. The van der Waals surface area contributed by atoms with Crippen molar-refractivity contribution in [3.05, 3.63) is 34.3 Å². The lowest BCUT2D eigenvalue weighted by Gasteiger charge is -2.12. The minimum atomic E-state index is -1.18. The molecule has 0 aliphatic rings. The highest BCUT2D eigenvalue weighted by atomic mass is 79.9. The van der Waals surface area contributed by atoms with Gasteiger partial charge in [0.2, 0.25) is 0 Å². The summed E-state index contributed by atoms with van der Waals surface area (Å²) in [5, 5.41) is 0. The first-order chi connectivity index (χ1) is 8.99. The Hall–Kier alpha value is -1.69. The molecule has 0 N–H and O–H groups in total. The van der Waals surface area contributed by atoms with Crippen molar-refractivity contribution in [3.8, 4) is 0 Å². The fraction of sp³-hybridized carbons (Fsp3) is 0.308. The third-order valence-corrected chi connectivity index (χ3v) is 3.06. The molecule has 0 fully saturated rings. The minimum absolute atomic E-state index is 0.335. The average molecular weight is 329 g/mol. The van der Waals surface area contributed by atoms with Crippen LogP contribution < -0.4 is 0 Å². The molecule has 0 amide bonds. The Morgan fingerprint density at radius 1 is 1.11 bits per heavy atom. The molecule has 0 aromatic heterocycles. The molecule has 0 spiro atoms. The fourth-order valence-corrected chi connectivity index (χ4v) is 1.76. The molecule has 1 aromatic carbocycles. The fourth-order valence-electron chi connectivity index (χ4n) is 1.49. The Kier molecular flexibility index (Phi) is 5.69. The molecule has 102 valence electrons. The lowest BCUT2D eigenvalue weighted by Crippen LogP contribution is -2.28. The highest BCUT2D eigenvalue weighted by Crippen LogP contribution is 2.17. The van der Waals surface area contributed by atoms with Crippen molar-refractivity contribution in [3.63, 3.8) is 0 Å². The van der Waals surface area contributed by atoms with Gasteiger partial charge in [0.25, 0.3) is 0 Å². The van der Waals surface area contributed by atoms with E-state index in [2.05, 4.69) is 25.4 Å². The maximum Gasteiger partial charge on any atom is 0.317 e. The number of rotatable bonds is 5. The second-order valence-corrected chi connectivity index (χ2v) is 4.64. The van der Waals surface area contributed by atoms with Crippen LogP contribution >= 0.6 is 15.9 Å². The van der Waals surface area contributed by atoms with Gasteiger partial charge in [0.15, 0.2) is 5.78 Å². The summed E-state index contributed by atoms with van der Waals surface area (Å²) in [5.41, 5.74) is 0.336. The van der Waals surface area contributed by atoms with Crippen LogP contribution in [0.1, 0.15) is 16.8 Å². The molecule has 0 bridgehead atoms. The predicted octanol–water partition coefficient (Wildman–Crippen LogP) is 1.98. The van der Waals surface area contributed by atoms with Crippen LogP contribution in [-0.2, 0) is 19.1 Å². The van der Waals surface area contributed by atoms with Gasteiger partial charge in [0, 0.05) is 10.0 Å². The molecule has 1 rings (SSSR count). The third-order valence-electron chi connectivity index (χ3n) is 2.53. The summed E-state index contributed by atoms with van der Waals surface area (Å²) in [6, 6.07) is 6.50. The van der Waals surface area contributed by atoms with Crippen LogP contribution in [0.15, 0.2) is 28.7 Å². The van der Waals surface area contributed by atoms with Crippen molar-refractivity contribution >= 4 is 33.7 Å². The molecule has 5 nitrogen and oxygen atoms in total. The van der Waals surface area contributed by atoms with Crippen LogP contribution in [0, 0.1) is 5.92 Å². The van der Waals surface area contributed by atoms with E-state index in [4.69, 9.17) is 0 Å². The SMILES string of the molecule is COC(=O)CC(C(=O)OC)C(=O)c1ccc(Br)cc1. The Morgan fingerprint density at radius 2 is 1.68 bits per heavy atom. The number of methoxy groups -OCH3 is 2. The molecule has 0 aliphatic carbocycles. The quantitative estimate of drug-likeness (QED) is 0.469. The number of carbonyl (C=O) groups excluding carboxylic acids is 3. The Bertz CT molecular complexity index is 480. The van der Waals surface area contributed by atoms with Gasteiger partial charge in [0.05, 0.1) is 20.6 Å². The number of esters is 2. The number of halogens is 1. The topological polar surface area (TPSA) is 69.7 Å². The molecule has 19 heavy (non-hydrogen) atoms. The van der Waals surface area contributed by atoms with E-state index in [1.54, 1.807) is 24.3 Å².